The summed E-state index contributed by atoms with van der Waals surface area (Å²) in [6.07, 6.45) is 1.41. The highest BCUT2D eigenvalue weighted by Crippen LogP contribution is 2.15. The molecule has 0 bridgehead atoms. The zero-order valence-corrected chi connectivity index (χ0v) is 15.6. The lowest BCUT2D eigenvalue weighted by Gasteiger charge is -2.26. The number of carbonyl (C=O) groups is 1. The van der Waals surface area contributed by atoms with Crippen molar-refractivity contribution in [3.63, 3.8) is 0 Å². The van der Waals surface area contributed by atoms with Crippen molar-refractivity contribution in [2.24, 2.45) is 5.92 Å². The molecule has 1 aliphatic rings. The third kappa shape index (κ3) is 5.60. The number of aromatic nitrogens is 2. The Balaban J connectivity index is 1.74. The molecule has 1 aromatic rings. The van der Waals surface area contributed by atoms with Crippen molar-refractivity contribution in [1.82, 2.24) is 20.0 Å². The van der Waals surface area contributed by atoms with Gasteiger partial charge in [-0.25, -0.2) is 0 Å². The number of hydrogen-bond donors (Lipinski definition) is 1. The number of nitrogens with one attached hydrogen (secondary N) is 1. The van der Waals surface area contributed by atoms with Gasteiger partial charge in [-0.1, -0.05) is 13.8 Å². The van der Waals surface area contributed by atoms with E-state index >= 15 is 0 Å². The van der Waals surface area contributed by atoms with E-state index < -0.39 is 0 Å². The van der Waals surface area contributed by atoms with Gasteiger partial charge in [0.15, 0.2) is 0 Å². The van der Waals surface area contributed by atoms with Crippen LogP contribution in [0.4, 0.5) is 0 Å². The zero-order valence-electron chi connectivity index (χ0n) is 15.6. The molecule has 0 spiro atoms. The van der Waals surface area contributed by atoms with Crippen LogP contribution in [0.5, 0.6) is 0 Å². The quantitative estimate of drug-likeness (QED) is 0.732. The van der Waals surface area contributed by atoms with Crippen LogP contribution < -0.4 is 5.32 Å². The third-order valence-electron chi connectivity index (χ3n) is 4.48. The Morgan fingerprint density at radius 3 is 2.67 bits per heavy atom. The van der Waals surface area contributed by atoms with Gasteiger partial charge >= 0.3 is 0 Å². The first kappa shape index (κ1) is 18.9. The maximum atomic E-state index is 12.2. The van der Waals surface area contributed by atoms with E-state index in [0.717, 1.165) is 69.3 Å². The molecule has 24 heavy (non-hydrogen) atoms. The van der Waals surface area contributed by atoms with Crippen molar-refractivity contribution in [2.45, 2.75) is 47.1 Å². The summed E-state index contributed by atoms with van der Waals surface area (Å²) in [6.45, 7) is 14.7. The van der Waals surface area contributed by atoms with Crippen LogP contribution in [0.3, 0.4) is 0 Å². The second-order valence-electron chi connectivity index (χ2n) is 7.06. The van der Waals surface area contributed by atoms with E-state index in [1.807, 2.05) is 11.6 Å². The van der Waals surface area contributed by atoms with Gasteiger partial charge in [0.1, 0.15) is 0 Å². The highest BCUT2D eigenvalue weighted by atomic mass is 16.5. The molecule has 0 aromatic carbocycles. The van der Waals surface area contributed by atoms with E-state index in [9.17, 15) is 4.79 Å². The van der Waals surface area contributed by atoms with Crippen LogP contribution in [0.1, 0.15) is 37.2 Å². The zero-order chi connectivity index (χ0) is 17.5. The largest absolute Gasteiger partial charge is 0.379 e. The fourth-order valence-electron chi connectivity index (χ4n) is 3.09. The van der Waals surface area contributed by atoms with Crippen LogP contribution in [0, 0.1) is 19.8 Å². The Labute approximate surface area is 145 Å². The summed E-state index contributed by atoms with van der Waals surface area (Å²) in [6, 6.07) is 0. The van der Waals surface area contributed by atoms with E-state index in [1.165, 1.54) is 0 Å². The van der Waals surface area contributed by atoms with Crippen molar-refractivity contribution >= 4 is 5.91 Å². The van der Waals surface area contributed by atoms with Crippen LogP contribution in [0.2, 0.25) is 0 Å². The molecule has 136 valence electrons. The normalized spacial score (nSPS) is 15.9. The maximum Gasteiger partial charge on any atom is 0.224 e. The summed E-state index contributed by atoms with van der Waals surface area (Å²) in [5, 5.41) is 7.62. The predicted molar refractivity (Wildman–Crippen MR) is 95.1 cm³/mol. The molecule has 0 aliphatic carbocycles. The summed E-state index contributed by atoms with van der Waals surface area (Å²) in [5.41, 5.74) is 3.16. The van der Waals surface area contributed by atoms with E-state index in [2.05, 4.69) is 36.1 Å². The summed E-state index contributed by atoms with van der Waals surface area (Å²) < 4.78 is 7.37. The molecule has 6 nitrogen and oxygen atoms in total. The number of hydrogen-bond acceptors (Lipinski definition) is 4. The molecule has 0 unspecified atom stereocenters. The number of amides is 1. The Morgan fingerprint density at radius 1 is 1.29 bits per heavy atom. The van der Waals surface area contributed by atoms with Crippen LogP contribution in [0.25, 0.3) is 0 Å². The predicted octanol–water partition coefficient (Wildman–Crippen LogP) is 1.54. The fourth-order valence-corrected chi connectivity index (χ4v) is 3.09. The van der Waals surface area contributed by atoms with Gasteiger partial charge in [0.2, 0.25) is 5.91 Å². The second kappa shape index (κ2) is 9.18. The Bertz CT molecular complexity index is 533. The first-order valence-corrected chi connectivity index (χ1v) is 9.07. The van der Waals surface area contributed by atoms with Gasteiger partial charge in [-0.15, -0.1) is 0 Å². The Kier molecular flexibility index (Phi) is 7.24. The summed E-state index contributed by atoms with van der Waals surface area (Å²) >= 11 is 0. The number of ether oxygens (including phenoxy) is 1. The lowest BCUT2D eigenvalue weighted by Crippen LogP contribution is -2.38. The molecule has 1 aromatic heterocycles. The van der Waals surface area contributed by atoms with Gasteiger partial charge in [-0.3, -0.25) is 14.4 Å². The van der Waals surface area contributed by atoms with Crippen molar-refractivity contribution in [1.29, 1.82) is 0 Å². The van der Waals surface area contributed by atoms with E-state index in [4.69, 9.17) is 4.74 Å². The Hall–Kier alpha value is -1.40. The van der Waals surface area contributed by atoms with Crippen molar-refractivity contribution in [3.8, 4) is 0 Å². The third-order valence-corrected chi connectivity index (χ3v) is 4.48. The molecule has 1 N–H and O–H groups in total. The molecule has 1 aliphatic heterocycles. The molecular weight excluding hydrogens is 304 g/mol. The number of nitrogens with zero attached hydrogens (tertiary/aromatic N) is 3. The van der Waals surface area contributed by atoms with Gasteiger partial charge in [0.25, 0.3) is 0 Å². The first-order valence-electron chi connectivity index (χ1n) is 9.07. The second-order valence-corrected chi connectivity index (χ2v) is 7.06. The summed E-state index contributed by atoms with van der Waals surface area (Å²) in [4.78, 5) is 14.6. The van der Waals surface area contributed by atoms with Gasteiger partial charge in [-0.05, 0) is 32.7 Å². The minimum Gasteiger partial charge on any atom is -0.379 e. The van der Waals surface area contributed by atoms with E-state index in [-0.39, 0.29) is 5.91 Å². The monoisotopic (exact) mass is 336 g/mol. The van der Waals surface area contributed by atoms with Gasteiger partial charge in [-0.2, -0.15) is 5.10 Å². The molecule has 1 amide bonds. The number of rotatable bonds is 8. The number of morpholine rings is 1. The van der Waals surface area contributed by atoms with Gasteiger partial charge < -0.3 is 10.1 Å². The fraction of sp³-hybridized carbons (Fsp3) is 0.778. The minimum atomic E-state index is 0.0901. The van der Waals surface area contributed by atoms with Crippen molar-refractivity contribution < 1.29 is 9.53 Å². The molecular formula is C18H32N4O2. The first-order chi connectivity index (χ1) is 11.5. The van der Waals surface area contributed by atoms with Gasteiger partial charge in [0.05, 0.1) is 25.3 Å². The molecule has 1 fully saturated rings. The molecule has 2 heterocycles. The molecule has 6 heteroatoms. The highest BCUT2D eigenvalue weighted by molar-refractivity contribution is 5.79. The van der Waals surface area contributed by atoms with Crippen LogP contribution in [-0.4, -0.2) is 60.0 Å². The van der Waals surface area contributed by atoms with Crippen LogP contribution in [-0.2, 0) is 22.5 Å². The number of aryl methyl sites for hydroxylation is 1. The smallest absolute Gasteiger partial charge is 0.224 e. The van der Waals surface area contributed by atoms with Crippen molar-refractivity contribution in [3.05, 3.63) is 17.0 Å². The van der Waals surface area contributed by atoms with E-state index in [1.54, 1.807) is 0 Å². The maximum absolute atomic E-state index is 12.2. The SMILES string of the molecule is Cc1nn(CC(C)C)c(C)c1CC(=O)NCCCN1CCOCC1. The summed E-state index contributed by atoms with van der Waals surface area (Å²) in [7, 11) is 0. The number of carbonyl (C=O) groups excluding carboxylic acids is 1. The average molecular weight is 336 g/mol. The Morgan fingerprint density at radius 2 is 2.00 bits per heavy atom. The average Bonchev–Trinajstić information content (AvgIpc) is 2.79. The molecule has 0 atom stereocenters. The lowest BCUT2D eigenvalue weighted by atomic mass is 10.1. The van der Waals surface area contributed by atoms with Gasteiger partial charge in [0, 0.05) is 37.4 Å². The topological polar surface area (TPSA) is 59.4 Å². The van der Waals surface area contributed by atoms with E-state index in [0.29, 0.717) is 12.3 Å². The van der Waals surface area contributed by atoms with Crippen molar-refractivity contribution in [2.75, 3.05) is 39.4 Å². The van der Waals surface area contributed by atoms with Crippen LogP contribution >= 0.6 is 0 Å². The molecule has 1 saturated heterocycles. The molecule has 0 radical (unpaired) electrons. The highest BCUT2D eigenvalue weighted by Gasteiger charge is 2.15. The minimum absolute atomic E-state index is 0.0901. The molecule has 2 rings (SSSR count). The standard InChI is InChI=1S/C18H32N4O2/c1-14(2)13-22-16(4)17(15(3)20-22)12-18(23)19-6-5-7-21-8-10-24-11-9-21/h14H,5-13H2,1-4H3,(H,19,23). The molecule has 0 saturated carbocycles. The lowest BCUT2D eigenvalue weighted by molar-refractivity contribution is -0.120. The van der Waals surface area contributed by atoms with Crippen LogP contribution in [0.15, 0.2) is 0 Å². The summed E-state index contributed by atoms with van der Waals surface area (Å²) in [5.74, 6) is 0.636.